The number of hydrogen-bond donors (Lipinski definition) is 1. The normalized spacial score (nSPS) is 15.0. The maximum absolute atomic E-state index is 13.3. The number of nitrogens with one attached hydrogen (secondary N) is 1. The maximum Gasteiger partial charge on any atom is 0.421 e. The van der Waals surface area contributed by atoms with Gasteiger partial charge in [0.1, 0.15) is 15.9 Å². The van der Waals surface area contributed by atoms with Crippen LogP contribution in [0.2, 0.25) is 10.3 Å². The van der Waals surface area contributed by atoms with Crippen LogP contribution in [-0.2, 0) is 9.53 Å². The number of halogens is 2. The predicted molar refractivity (Wildman–Crippen MR) is 117 cm³/mol. The van der Waals surface area contributed by atoms with E-state index >= 15 is 0 Å². The second kappa shape index (κ2) is 9.29. The zero-order valence-corrected chi connectivity index (χ0v) is 18.6. The van der Waals surface area contributed by atoms with Gasteiger partial charge >= 0.3 is 6.09 Å². The minimum atomic E-state index is -0.745. The highest BCUT2D eigenvalue weighted by atomic mass is 35.5. The molecule has 1 N–H and O–H groups in total. The average Bonchev–Trinajstić information content (AvgIpc) is 2.67. The van der Waals surface area contributed by atoms with E-state index in [2.05, 4.69) is 15.3 Å². The molecule has 0 radical (unpaired) electrons. The highest BCUT2D eigenvalue weighted by Gasteiger charge is 2.34. The first kappa shape index (κ1) is 22.5. The third kappa shape index (κ3) is 5.68. The van der Waals surface area contributed by atoms with Gasteiger partial charge in [-0.25, -0.2) is 19.7 Å². The van der Waals surface area contributed by atoms with Gasteiger partial charge in [0.25, 0.3) is 0 Å². The standard InChI is InChI=1S/C21H24Cl2N4O3/c1-21(2,3)30-20(29)27(19(28)13-7-9-24-10-8-13)15-6-4-5-14(11-15)18-25-16(22)12-17(23)26-18/h4-6,11-13,24H,7-10H2,1-3H3. The van der Waals surface area contributed by atoms with E-state index in [9.17, 15) is 9.59 Å². The van der Waals surface area contributed by atoms with Crippen molar-refractivity contribution >= 4 is 40.9 Å². The van der Waals surface area contributed by atoms with Crippen LogP contribution in [0.4, 0.5) is 10.5 Å². The van der Waals surface area contributed by atoms with E-state index in [1.54, 1.807) is 45.0 Å². The smallest absolute Gasteiger partial charge is 0.421 e. The van der Waals surface area contributed by atoms with Crippen LogP contribution in [0.5, 0.6) is 0 Å². The Labute approximate surface area is 185 Å². The molecule has 0 spiro atoms. The minimum absolute atomic E-state index is 0.199. The predicted octanol–water partition coefficient (Wildman–Crippen LogP) is 4.72. The van der Waals surface area contributed by atoms with Crippen LogP contribution >= 0.6 is 23.2 Å². The highest BCUT2D eigenvalue weighted by molar-refractivity contribution is 6.33. The summed E-state index contributed by atoms with van der Waals surface area (Å²) in [4.78, 5) is 35.8. The second-order valence-corrected chi connectivity index (χ2v) is 8.84. The minimum Gasteiger partial charge on any atom is -0.443 e. The Morgan fingerprint density at radius 3 is 2.33 bits per heavy atom. The van der Waals surface area contributed by atoms with Crippen LogP contribution in [0.3, 0.4) is 0 Å². The van der Waals surface area contributed by atoms with Crippen molar-refractivity contribution in [1.29, 1.82) is 0 Å². The number of anilines is 1. The Morgan fingerprint density at radius 1 is 1.10 bits per heavy atom. The topological polar surface area (TPSA) is 84.4 Å². The molecule has 0 unspecified atom stereocenters. The second-order valence-electron chi connectivity index (χ2n) is 8.07. The monoisotopic (exact) mass is 450 g/mol. The Hall–Kier alpha value is -2.22. The number of hydrogen-bond acceptors (Lipinski definition) is 6. The first-order valence-corrected chi connectivity index (χ1v) is 10.5. The fourth-order valence-electron chi connectivity index (χ4n) is 3.19. The van der Waals surface area contributed by atoms with Crippen molar-refractivity contribution in [2.45, 2.75) is 39.2 Å². The number of ether oxygens (including phenoxy) is 1. The number of carbonyl (C=O) groups excluding carboxylic acids is 2. The summed E-state index contributed by atoms with van der Waals surface area (Å²) in [6.07, 6.45) is 0.601. The van der Waals surface area contributed by atoms with Gasteiger partial charge in [0.05, 0.1) is 5.69 Å². The van der Waals surface area contributed by atoms with Crippen molar-refractivity contribution in [3.63, 3.8) is 0 Å². The van der Waals surface area contributed by atoms with Gasteiger partial charge in [-0.15, -0.1) is 0 Å². The van der Waals surface area contributed by atoms with Crippen LogP contribution in [-0.4, -0.2) is 40.7 Å². The largest absolute Gasteiger partial charge is 0.443 e. The molecular weight excluding hydrogens is 427 g/mol. The summed E-state index contributed by atoms with van der Waals surface area (Å²) in [5.41, 5.74) is 0.207. The molecule has 160 valence electrons. The zero-order chi connectivity index (χ0) is 21.9. The van der Waals surface area contributed by atoms with E-state index in [1.807, 2.05) is 0 Å². The number of imide groups is 1. The molecular formula is C21H24Cl2N4O3. The molecule has 9 heteroatoms. The van der Waals surface area contributed by atoms with Crippen LogP contribution in [0, 0.1) is 5.92 Å². The van der Waals surface area contributed by atoms with Crippen LogP contribution in [0.1, 0.15) is 33.6 Å². The molecule has 1 aromatic heterocycles. The molecule has 1 aliphatic heterocycles. The molecule has 2 aromatic rings. The quantitative estimate of drug-likeness (QED) is 0.680. The van der Waals surface area contributed by atoms with Crippen molar-refractivity contribution in [3.05, 3.63) is 40.6 Å². The van der Waals surface area contributed by atoms with Gasteiger partial charge in [0.2, 0.25) is 5.91 Å². The van der Waals surface area contributed by atoms with E-state index in [1.165, 1.54) is 6.07 Å². The highest BCUT2D eigenvalue weighted by Crippen LogP contribution is 2.28. The summed E-state index contributed by atoms with van der Waals surface area (Å²) in [5.74, 6) is -0.250. The van der Waals surface area contributed by atoms with Gasteiger partial charge in [-0.1, -0.05) is 35.3 Å². The molecule has 1 aromatic carbocycles. The lowest BCUT2D eigenvalue weighted by atomic mass is 9.96. The number of aromatic nitrogens is 2. The number of carbonyl (C=O) groups is 2. The SMILES string of the molecule is CC(C)(C)OC(=O)N(C(=O)C1CCNCC1)c1cccc(-c2nc(Cl)cc(Cl)n2)c1. The summed E-state index contributed by atoms with van der Waals surface area (Å²) >= 11 is 12.0. The lowest BCUT2D eigenvalue weighted by Crippen LogP contribution is -2.46. The van der Waals surface area contributed by atoms with Crippen molar-refractivity contribution in [2.24, 2.45) is 5.92 Å². The lowest BCUT2D eigenvalue weighted by molar-refractivity contribution is -0.122. The Kier molecular flexibility index (Phi) is 6.95. The van der Waals surface area contributed by atoms with Gasteiger partial charge in [-0.3, -0.25) is 4.79 Å². The fraction of sp³-hybridized carbons (Fsp3) is 0.429. The van der Waals surface area contributed by atoms with E-state index in [4.69, 9.17) is 27.9 Å². The summed E-state index contributed by atoms with van der Waals surface area (Å²) < 4.78 is 5.53. The van der Waals surface area contributed by atoms with Crippen molar-refractivity contribution in [2.75, 3.05) is 18.0 Å². The zero-order valence-electron chi connectivity index (χ0n) is 17.1. The number of piperidine rings is 1. The van der Waals surface area contributed by atoms with Crippen LogP contribution in [0.25, 0.3) is 11.4 Å². The Morgan fingerprint density at radius 2 is 1.73 bits per heavy atom. The van der Waals surface area contributed by atoms with Gasteiger partial charge < -0.3 is 10.1 Å². The average molecular weight is 451 g/mol. The molecule has 0 bridgehead atoms. The summed E-state index contributed by atoms with van der Waals surface area (Å²) in [6.45, 7) is 6.74. The number of rotatable bonds is 3. The molecule has 0 atom stereocenters. The summed E-state index contributed by atoms with van der Waals surface area (Å²) in [6, 6.07) is 8.25. The molecule has 2 amide bonds. The van der Waals surface area contributed by atoms with Gasteiger partial charge in [0, 0.05) is 17.5 Å². The molecule has 0 saturated carbocycles. The van der Waals surface area contributed by atoms with E-state index < -0.39 is 11.7 Å². The number of benzene rings is 1. The summed E-state index contributed by atoms with van der Waals surface area (Å²) in [5, 5.41) is 3.63. The van der Waals surface area contributed by atoms with E-state index in [-0.39, 0.29) is 22.1 Å². The van der Waals surface area contributed by atoms with E-state index in [0.29, 0.717) is 29.9 Å². The number of amides is 2. The van der Waals surface area contributed by atoms with Crippen molar-refractivity contribution < 1.29 is 14.3 Å². The molecule has 2 heterocycles. The molecule has 1 fully saturated rings. The molecule has 3 rings (SSSR count). The Balaban J connectivity index is 2.00. The van der Waals surface area contributed by atoms with Crippen molar-refractivity contribution in [3.8, 4) is 11.4 Å². The molecule has 1 saturated heterocycles. The van der Waals surface area contributed by atoms with Crippen LogP contribution < -0.4 is 10.2 Å². The van der Waals surface area contributed by atoms with E-state index in [0.717, 1.165) is 18.0 Å². The first-order chi connectivity index (χ1) is 14.1. The van der Waals surface area contributed by atoms with Crippen molar-refractivity contribution in [1.82, 2.24) is 15.3 Å². The maximum atomic E-state index is 13.3. The van der Waals surface area contributed by atoms with Gasteiger partial charge in [-0.2, -0.15) is 0 Å². The van der Waals surface area contributed by atoms with Crippen LogP contribution in [0.15, 0.2) is 30.3 Å². The fourth-order valence-corrected chi connectivity index (χ4v) is 3.61. The third-order valence-corrected chi connectivity index (χ3v) is 4.90. The molecule has 30 heavy (non-hydrogen) atoms. The lowest BCUT2D eigenvalue weighted by Gasteiger charge is -2.30. The third-order valence-electron chi connectivity index (χ3n) is 4.51. The number of nitrogens with zero attached hydrogens (tertiary/aromatic N) is 3. The van der Waals surface area contributed by atoms with Gasteiger partial charge in [0.15, 0.2) is 5.82 Å². The molecule has 0 aliphatic carbocycles. The Bertz CT molecular complexity index is 920. The summed E-state index contributed by atoms with van der Waals surface area (Å²) in [7, 11) is 0. The first-order valence-electron chi connectivity index (χ1n) is 9.72. The molecule has 7 nitrogen and oxygen atoms in total. The van der Waals surface area contributed by atoms with Gasteiger partial charge in [-0.05, 0) is 58.8 Å². The molecule has 1 aliphatic rings.